The van der Waals surface area contributed by atoms with Crippen LogP contribution in [0.15, 0.2) is 12.3 Å². The Morgan fingerprint density at radius 3 is 2.53 bits per heavy atom. The van der Waals surface area contributed by atoms with Gasteiger partial charge in [0, 0.05) is 18.2 Å². The van der Waals surface area contributed by atoms with Crippen LogP contribution < -0.4 is 0 Å². The van der Waals surface area contributed by atoms with E-state index in [1.165, 1.54) is 0 Å². The highest BCUT2D eigenvalue weighted by molar-refractivity contribution is 5.75. The van der Waals surface area contributed by atoms with E-state index in [9.17, 15) is 0 Å². The molecule has 0 fully saturated rings. The van der Waals surface area contributed by atoms with Crippen LogP contribution in [0.2, 0.25) is 0 Å². The van der Waals surface area contributed by atoms with Crippen molar-refractivity contribution in [2.24, 2.45) is 7.05 Å². The van der Waals surface area contributed by atoms with Crippen LogP contribution in [0.5, 0.6) is 0 Å². The molecule has 0 aliphatic carbocycles. The van der Waals surface area contributed by atoms with Gasteiger partial charge in [0.25, 0.3) is 0 Å². The number of hydrogen-bond acceptors (Lipinski definition) is 2. The van der Waals surface area contributed by atoms with Gasteiger partial charge in [-0.05, 0) is 13.0 Å². The van der Waals surface area contributed by atoms with Crippen LogP contribution in [-0.4, -0.2) is 14.5 Å². The van der Waals surface area contributed by atoms with E-state index < -0.39 is 0 Å². The molecule has 80 valence electrons. The molecule has 2 heterocycles. The third kappa shape index (κ3) is 1.62. The topological polar surface area (TPSA) is 30.7 Å². The molecule has 0 unspecified atom stereocenters. The normalized spacial score (nSPS) is 12.3. The summed E-state index contributed by atoms with van der Waals surface area (Å²) in [6, 6.07) is 2.03. The highest BCUT2D eigenvalue weighted by atomic mass is 15.1. The van der Waals surface area contributed by atoms with E-state index in [4.69, 9.17) is 0 Å². The quantitative estimate of drug-likeness (QED) is 0.659. The molecule has 0 saturated heterocycles. The molecule has 0 saturated carbocycles. The molecule has 0 amide bonds. The van der Waals surface area contributed by atoms with Crippen molar-refractivity contribution in [3.63, 3.8) is 0 Å². The molecule has 0 atom stereocenters. The Morgan fingerprint density at radius 1 is 1.27 bits per heavy atom. The molecule has 0 bridgehead atoms. The van der Waals surface area contributed by atoms with Gasteiger partial charge in [-0.2, -0.15) is 0 Å². The van der Waals surface area contributed by atoms with Gasteiger partial charge < -0.3 is 4.57 Å². The lowest BCUT2D eigenvalue weighted by molar-refractivity contribution is 0.526. The van der Waals surface area contributed by atoms with E-state index >= 15 is 0 Å². The minimum atomic E-state index is 0.0711. The molecule has 2 rings (SSSR count). The van der Waals surface area contributed by atoms with E-state index in [0.717, 1.165) is 22.6 Å². The fourth-order valence-electron chi connectivity index (χ4n) is 1.86. The summed E-state index contributed by atoms with van der Waals surface area (Å²) in [5, 5.41) is 0. The van der Waals surface area contributed by atoms with Gasteiger partial charge in [-0.25, -0.2) is 4.98 Å². The largest absolute Gasteiger partial charge is 0.329 e. The van der Waals surface area contributed by atoms with Crippen LogP contribution in [0.25, 0.3) is 11.0 Å². The number of imidazole rings is 1. The SMILES string of the molecule is Cc1cc2nc(C(C)(C)C)n(C)c2cn1. The Kier molecular flexibility index (Phi) is 2.07. The van der Waals surface area contributed by atoms with Crippen molar-refractivity contribution >= 4 is 11.0 Å². The first-order valence-corrected chi connectivity index (χ1v) is 5.19. The van der Waals surface area contributed by atoms with Crippen molar-refractivity contribution in [2.45, 2.75) is 33.1 Å². The molecule has 0 aromatic carbocycles. The second-order valence-electron chi connectivity index (χ2n) is 5.06. The minimum Gasteiger partial charge on any atom is -0.329 e. The Balaban J connectivity index is 2.75. The lowest BCUT2D eigenvalue weighted by Crippen LogP contribution is -2.17. The number of nitrogens with zero attached hydrogens (tertiary/aromatic N) is 3. The molecule has 2 aromatic rings. The molecule has 2 aromatic heterocycles. The molecule has 3 heteroatoms. The van der Waals surface area contributed by atoms with Crippen molar-refractivity contribution in [1.29, 1.82) is 0 Å². The van der Waals surface area contributed by atoms with Crippen molar-refractivity contribution in [2.75, 3.05) is 0 Å². The summed E-state index contributed by atoms with van der Waals surface area (Å²) in [4.78, 5) is 8.97. The predicted octanol–water partition coefficient (Wildman–Crippen LogP) is 2.57. The summed E-state index contributed by atoms with van der Waals surface area (Å²) in [6.07, 6.45) is 1.90. The fourth-order valence-corrected chi connectivity index (χ4v) is 1.86. The number of pyridine rings is 1. The molecular formula is C12H17N3. The summed E-state index contributed by atoms with van der Waals surface area (Å²) in [5.74, 6) is 1.10. The van der Waals surface area contributed by atoms with Crippen molar-refractivity contribution in [1.82, 2.24) is 14.5 Å². The van der Waals surface area contributed by atoms with Crippen LogP contribution >= 0.6 is 0 Å². The lowest BCUT2D eigenvalue weighted by Gasteiger charge is -2.17. The number of hydrogen-bond donors (Lipinski definition) is 0. The number of aryl methyl sites for hydroxylation is 2. The second kappa shape index (κ2) is 3.05. The summed E-state index contributed by atoms with van der Waals surface area (Å²) in [6.45, 7) is 8.52. The van der Waals surface area contributed by atoms with E-state index in [-0.39, 0.29) is 5.41 Å². The van der Waals surface area contributed by atoms with Crippen LogP contribution in [0.1, 0.15) is 32.3 Å². The van der Waals surface area contributed by atoms with Crippen molar-refractivity contribution in [3.05, 3.63) is 23.8 Å². The number of fused-ring (bicyclic) bond motifs is 1. The predicted molar refractivity (Wildman–Crippen MR) is 61.9 cm³/mol. The third-order valence-corrected chi connectivity index (χ3v) is 2.57. The van der Waals surface area contributed by atoms with E-state index in [2.05, 4.69) is 35.3 Å². The minimum absolute atomic E-state index is 0.0711. The van der Waals surface area contributed by atoms with Crippen LogP contribution in [0.4, 0.5) is 0 Å². The molecular weight excluding hydrogens is 186 g/mol. The first-order valence-electron chi connectivity index (χ1n) is 5.19. The van der Waals surface area contributed by atoms with Gasteiger partial charge in [0.2, 0.25) is 0 Å². The van der Waals surface area contributed by atoms with E-state index in [1.807, 2.05) is 26.2 Å². The second-order valence-corrected chi connectivity index (χ2v) is 5.06. The van der Waals surface area contributed by atoms with Crippen LogP contribution in [-0.2, 0) is 12.5 Å². The van der Waals surface area contributed by atoms with Crippen LogP contribution in [0.3, 0.4) is 0 Å². The highest BCUT2D eigenvalue weighted by Gasteiger charge is 2.21. The molecule has 0 aliphatic heterocycles. The highest BCUT2D eigenvalue weighted by Crippen LogP contribution is 2.24. The standard InChI is InChI=1S/C12H17N3/c1-8-6-9-10(7-13-8)15(5)11(14-9)12(2,3)4/h6-7H,1-5H3. The zero-order valence-corrected chi connectivity index (χ0v) is 10.00. The van der Waals surface area contributed by atoms with Crippen LogP contribution in [0, 0.1) is 6.92 Å². The molecule has 0 radical (unpaired) electrons. The zero-order valence-electron chi connectivity index (χ0n) is 10.00. The molecule has 0 aliphatic rings. The monoisotopic (exact) mass is 203 g/mol. The maximum Gasteiger partial charge on any atom is 0.115 e. The average Bonchev–Trinajstić information content (AvgIpc) is 2.42. The van der Waals surface area contributed by atoms with Gasteiger partial charge in [0.1, 0.15) is 5.82 Å². The lowest BCUT2D eigenvalue weighted by atomic mass is 9.96. The summed E-state index contributed by atoms with van der Waals surface area (Å²) in [5.41, 5.74) is 3.23. The van der Waals surface area contributed by atoms with Gasteiger partial charge in [-0.3, -0.25) is 4.98 Å². The first kappa shape index (κ1) is 10.1. The van der Waals surface area contributed by atoms with Gasteiger partial charge in [0.05, 0.1) is 17.2 Å². The molecule has 0 spiro atoms. The summed E-state index contributed by atoms with van der Waals surface area (Å²) >= 11 is 0. The maximum atomic E-state index is 4.67. The summed E-state index contributed by atoms with van der Waals surface area (Å²) < 4.78 is 2.13. The maximum absolute atomic E-state index is 4.67. The average molecular weight is 203 g/mol. The zero-order chi connectivity index (χ0) is 11.2. The molecule has 0 N–H and O–H groups in total. The van der Waals surface area contributed by atoms with Gasteiger partial charge in [-0.1, -0.05) is 20.8 Å². The van der Waals surface area contributed by atoms with Gasteiger partial charge in [0.15, 0.2) is 0 Å². The molecule has 3 nitrogen and oxygen atoms in total. The number of aromatic nitrogens is 3. The summed E-state index contributed by atoms with van der Waals surface area (Å²) in [7, 11) is 2.05. The Bertz CT molecular complexity index is 503. The van der Waals surface area contributed by atoms with Crippen molar-refractivity contribution < 1.29 is 0 Å². The Labute approximate surface area is 90.2 Å². The van der Waals surface area contributed by atoms with Gasteiger partial charge >= 0.3 is 0 Å². The molecule has 15 heavy (non-hydrogen) atoms. The Morgan fingerprint density at radius 2 is 1.93 bits per heavy atom. The van der Waals surface area contributed by atoms with E-state index in [1.54, 1.807) is 0 Å². The third-order valence-electron chi connectivity index (χ3n) is 2.57. The Hall–Kier alpha value is -1.38. The first-order chi connectivity index (χ1) is 6.89. The smallest absolute Gasteiger partial charge is 0.115 e. The fraction of sp³-hybridized carbons (Fsp3) is 0.500. The van der Waals surface area contributed by atoms with Gasteiger partial charge in [-0.15, -0.1) is 0 Å². The van der Waals surface area contributed by atoms with Crippen molar-refractivity contribution in [3.8, 4) is 0 Å². The van der Waals surface area contributed by atoms with E-state index in [0.29, 0.717) is 0 Å². The number of rotatable bonds is 0.